The molecule has 3 saturated heterocycles. The SMILES string of the molecule is CCc1cccc2cc(O)cc(-c3ncc4c(N5CC6CCC(C6)C5)nc(OC[C@@]56CCCN5C[C@H](C)C6)nc4c3F)c12. The number of halogens is 1. The standard InChI is InChI=1S/C35H40FN5O2/c1-3-24-6-4-7-25-13-26(42)14-27(29(24)25)31-30(36)32-28(16-37-31)33(40-18-22-8-9-23(12-22)19-40)39-34(38-32)43-20-35-10-5-11-41(35)17-21(2)15-35/h4,6-7,13-14,16,21-23,42H,3,5,8-12,15,17-20H2,1-2H3/t21-,22?,23?,35+/m1/s1. The molecule has 43 heavy (non-hydrogen) atoms. The number of hydrogen-bond donors (Lipinski definition) is 1. The smallest absolute Gasteiger partial charge is 0.319 e. The number of phenolic OH excluding ortho intramolecular Hbond substituents is 1. The third-order valence-corrected chi connectivity index (χ3v) is 10.7. The Morgan fingerprint density at radius 2 is 1.95 bits per heavy atom. The zero-order valence-corrected chi connectivity index (χ0v) is 25.2. The molecule has 8 heteroatoms. The summed E-state index contributed by atoms with van der Waals surface area (Å²) in [5.41, 5.74) is 2.09. The molecule has 0 amide bonds. The molecule has 8 rings (SSSR count). The Labute approximate surface area is 252 Å². The largest absolute Gasteiger partial charge is 0.508 e. The number of anilines is 1. The van der Waals surface area contributed by atoms with Crippen LogP contribution in [-0.4, -0.2) is 63.3 Å². The first-order valence-corrected chi connectivity index (χ1v) is 16.1. The summed E-state index contributed by atoms with van der Waals surface area (Å²) in [7, 11) is 0. The van der Waals surface area contributed by atoms with Crippen LogP contribution in [0.3, 0.4) is 0 Å². The quantitative estimate of drug-likeness (QED) is 0.270. The molecule has 0 spiro atoms. The Hall–Kier alpha value is -3.52. The summed E-state index contributed by atoms with van der Waals surface area (Å²) in [6, 6.07) is 9.56. The summed E-state index contributed by atoms with van der Waals surface area (Å²) in [6.45, 7) is 8.95. The highest BCUT2D eigenvalue weighted by Gasteiger charge is 2.48. The highest BCUT2D eigenvalue weighted by Crippen LogP contribution is 2.44. The van der Waals surface area contributed by atoms with Crippen molar-refractivity contribution in [1.29, 1.82) is 0 Å². The maximum absolute atomic E-state index is 16.8. The van der Waals surface area contributed by atoms with Crippen molar-refractivity contribution in [3.8, 4) is 23.0 Å². The van der Waals surface area contributed by atoms with Gasteiger partial charge in [-0.05, 0) is 97.7 Å². The fraction of sp³-hybridized carbons (Fsp3) is 0.514. The number of hydrogen-bond acceptors (Lipinski definition) is 7. The van der Waals surface area contributed by atoms with Crippen LogP contribution in [0.15, 0.2) is 36.5 Å². The molecular weight excluding hydrogens is 541 g/mol. The summed E-state index contributed by atoms with van der Waals surface area (Å²) >= 11 is 0. The molecule has 7 nitrogen and oxygen atoms in total. The lowest BCUT2D eigenvalue weighted by Gasteiger charge is -2.34. The Balaban J connectivity index is 1.26. The van der Waals surface area contributed by atoms with E-state index in [2.05, 4.69) is 23.6 Å². The molecule has 3 aliphatic heterocycles. The van der Waals surface area contributed by atoms with Crippen LogP contribution >= 0.6 is 0 Å². The van der Waals surface area contributed by atoms with Crippen molar-refractivity contribution in [2.45, 2.75) is 64.3 Å². The highest BCUT2D eigenvalue weighted by molar-refractivity contribution is 6.01. The Kier molecular flexibility index (Phi) is 6.48. The van der Waals surface area contributed by atoms with Gasteiger partial charge in [0.2, 0.25) is 0 Å². The summed E-state index contributed by atoms with van der Waals surface area (Å²) < 4.78 is 23.3. The number of nitrogens with zero attached hydrogens (tertiary/aromatic N) is 5. The van der Waals surface area contributed by atoms with E-state index in [1.54, 1.807) is 18.3 Å². The molecule has 1 aliphatic carbocycles. The van der Waals surface area contributed by atoms with Crippen molar-refractivity contribution in [3.63, 3.8) is 0 Å². The van der Waals surface area contributed by atoms with E-state index in [-0.39, 0.29) is 28.5 Å². The van der Waals surface area contributed by atoms with E-state index in [1.807, 2.05) is 18.2 Å². The second-order valence-corrected chi connectivity index (χ2v) is 13.7. The highest BCUT2D eigenvalue weighted by atomic mass is 19.1. The Bertz CT molecular complexity index is 1720. The van der Waals surface area contributed by atoms with Crippen LogP contribution in [0.25, 0.3) is 32.9 Å². The van der Waals surface area contributed by atoms with Crippen LogP contribution < -0.4 is 9.64 Å². The van der Waals surface area contributed by atoms with Crippen molar-refractivity contribution in [2.24, 2.45) is 17.8 Å². The van der Waals surface area contributed by atoms with Gasteiger partial charge in [0.1, 0.15) is 29.4 Å². The van der Waals surface area contributed by atoms with Gasteiger partial charge in [-0.3, -0.25) is 9.88 Å². The number of aromatic hydroxyl groups is 1. The zero-order valence-electron chi connectivity index (χ0n) is 25.2. The van der Waals surface area contributed by atoms with Crippen LogP contribution in [-0.2, 0) is 6.42 Å². The lowest BCUT2D eigenvalue weighted by atomic mass is 9.92. The van der Waals surface area contributed by atoms with Crippen molar-refractivity contribution in [2.75, 3.05) is 37.7 Å². The maximum Gasteiger partial charge on any atom is 0.319 e. The number of ether oxygens (including phenoxy) is 1. The number of fused-ring (bicyclic) bond motifs is 5. The van der Waals surface area contributed by atoms with Crippen LogP contribution in [0.2, 0.25) is 0 Å². The van der Waals surface area contributed by atoms with Crippen molar-refractivity contribution in [3.05, 3.63) is 47.9 Å². The maximum atomic E-state index is 16.8. The average Bonchev–Trinajstić information content (AvgIpc) is 3.65. The van der Waals surface area contributed by atoms with Crippen LogP contribution in [0, 0.1) is 23.6 Å². The normalized spacial score (nSPS) is 27.0. The molecule has 2 unspecified atom stereocenters. The molecule has 224 valence electrons. The van der Waals surface area contributed by atoms with Gasteiger partial charge in [-0.15, -0.1) is 0 Å². The number of piperidine rings is 1. The first kappa shape index (κ1) is 27.1. The lowest BCUT2D eigenvalue weighted by molar-refractivity contribution is 0.107. The van der Waals surface area contributed by atoms with Gasteiger partial charge in [0.25, 0.3) is 0 Å². The van der Waals surface area contributed by atoms with E-state index in [4.69, 9.17) is 19.7 Å². The molecule has 1 saturated carbocycles. The fourth-order valence-electron chi connectivity index (χ4n) is 8.89. The van der Waals surface area contributed by atoms with Crippen LogP contribution in [0.1, 0.15) is 57.9 Å². The third-order valence-electron chi connectivity index (χ3n) is 10.7. The molecule has 2 aromatic carbocycles. The van der Waals surface area contributed by atoms with Gasteiger partial charge in [0, 0.05) is 31.4 Å². The summed E-state index contributed by atoms with van der Waals surface area (Å²) in [6.07, 6.45) is 9.65. The number of phenols is 1. The van der Waals surface area contributed by atoms with E-state index >= 15 is 4.39 Å². The number of pyridine rings is 1. The fourth-order valence-corrected chi connectivity index (χ4v) is 8.89. The first-order chi connectivity index (χ1) is 20.9. The van der Waals surface area contributed by atoms with E-state index in [0.29, 0.717) is 35.3 Å². The number of rotatable bonds is 6. The molecule has 4 aromatic rings. The minimum Gasteiger partial charge on any atom is -0.508 e. The van der Waals surface area contributed by atoms with E-state index in [0.717, 1.165) is 67.6 Å². The molecule has 1 N–H and O–H groups in total. The second kappa shape index (κ2) is 10.3. The number of aromatic nitrogens is 3. The lowest BCUT2D eigenvalue weighted by Crippen LogP contribution is -2.43. The van der Waals surface area contributed by atoms with Gasteiger partial charge < -0.3 is 14.7 Å². The van der Waals surface area contributed by atoms with Crippen molar-refractivity contribution >= 4 is 27.5 Å². The van der Waals surface area contributed by atoms with Crippen molar-refractivity contribution < 1.29 is 14.2 Å². The van der Waals surface area contributed by atoms with E-state index in [9.17, 15) is 5.11 Å². The Morgan fingerprint density at radius 1 is 1.12 bits per heavy atom. The summed E-state index contributed by atoms with van der Waals surface area (Å²) in [5.74, 6) is 2.23. The summed E-state index contributed by atoms with van der Waals surface area (Å²) in [4.78, 5) is 19.3. The third kappa shape index (κ3) is 4.52. The summed E-state index contributed by atoms with van der Waals surface area (Å²) in [5, 5.41) is 13.0. The Morgan fingerprint density at radius 3 is 2.77 bits per heavy atom. The molecule has 2 aromatic heterocycles. The van der Waals surface area contributed by atoms with Gasteiger partial charge in [-0.25, -0.2) is 4.39 Å². The van der Waals surface area contributed by atoms with Gasteiger partial charge in [-0.1, -0.05) is 32.0 Å². The van der Waals surface area contributed by atoms with Gasteiger partial charge in [-0.2, -0.15) is 9.97 Å². The molecule has 2 bridgehead atoms. The molecule has 4 fully saturated rings. The second-order valence-electron chi connectivity index (χ2n) is 13.7. The van der Waals surface area contributed by atoms with E-state index < -0.39 is 5.82 Å². The molecule has 4 atom stereocenters. The van der Waals surface area contributed by atoms with Gasteiger partial charge in [0.15, 0.2) is 5.82 Å². The van der Waals surface area contributed by atoms with Crippen molar-refractivity contribution in [1.82, 2.24) is 19.9 Å². The predicted octanol–water partition coefficient (Wildman–Crippen LogP) is 6.74. The van der Waals surface area contributed by atoms with Gasteiger partial charge >= 0.3 is 6.01 Å². The first-order valence-electron chi connectivity index (χ1n) is 16.1. The monoisotopic (exact) mass is 581 g/mol. The molecule has 0 radical (unpaired) electrons. The topological polar surface area (TPSA) is 74.6 Å². The minimum atomic E-state index is -0.501. The van der Waals surface area contributed by atoms with Gasteiger partial charge in [0.05, 0.1) is 10.9 Å². The van der Waals surface area contributed by atoms with Crippen LogP contribution in [0.4, 0.5) is 10.2 Å². The predicted molar refractivity (Wildman–Crippen MR) is 167 cm³/mol. The number of benzene rings is 2. The molecule has 5 heterocycles. The van der Waals surface area contributed by atoms with Crippen LogP contribution in [0.5, 0.6) is 11.8 Å². The molecule has 4 aliphatic rings. The molecular formula is C35H40FN5O2. The van der Waals surface area contributed by atoms with E-state index in [1.165, 1.54) is 25.7 Å². The zero-order chi connectivity index (χ0) is 29.3. The minimum absolute atomic E-state index is 0.0150. The average molecular weight is 582 g/mol. The number of aryl methyl sites for hydroxylation is 1.